The second kappa shape index (κ2) is 12.9. The smallest absolute Gasteiger partial charge is 0.227 e. The van der Waals surface area contributed by atoms with Gasteiger partial charge in [-0.05, 0) is 48.9 Å². The van der Waals surface area contributed by atoms with Gasteiger partial charge in [-0.15, -0.1) is 0 Å². The lowest BCUT2D eigenvalue weighted by molar-refractivity contribution is -0.200. The molecular formula is C28H27F3N6O4. The number of hydrogen-bond acceptors (Lipinski definition) is 8. The first-order valence-corrected chi connectivity index (χ1v) is 12.9. The zero-order chi connectivity index (χ0) is 28.8. The van der Waals surface area contributed by atoms with Gasteiger partial charge in [0.2, 0.25) is 11.9 Å². The van der Waals surface area contributed by atoms with Crippen LogP contribution in [0.15, 0.2) is 54.7 Å². The molecule has 0 spiro atoms. The highest BCUT2D eigenvalue weighted by molar-refractivity contribution is 5.79. The Morgan fingerprint density at radius 1 is 1.02 bits per heavy atom. The average molecular weight is 569 g/mol. The number of amides is 1. The number of imidazole rings is 1. The molecule has 41 heavy (non-hydrogen) atoms. The Balaban J connectivity index is 1.35. The van der Waals surface area contributed by atoms with Crippen molar-refractivity contribution < 1.29 is 32.5 Å². The van der Waals surface area contributed by atoms with Crippen LogP contribution in [0.4, 0.5) is 24.8 Å². The fourth-order valence-corrected chi connectivity index (χ4v) is 4.19. The van der Waals surface area contributed by atoms with Gasteiger partial charge in [0.05, 0.1) is 42.6 Å². The number of rotatable bonds is 10. The Morgan fingerprint density at radius 3 is 2.54 bits per heavy atom. The largest absolute Gasteiger partial charge is 0.396 e. The van der Waals surface area contributed by atoms with Gasteiger partial charge in [0.1, 0.15) is 11.6 Å². The number of benzene rings is 2. The van der Waals surface area contributed by atoms with E-state index in [0.29, 0.717) is 41.4 Å². The van der Waals surface area contributed by atoms with E-state index in [0.717, 1.165) is 12.1 Å². The number of carbonyl (C=O) groups excluding carboxylic acids is 1. The Bertz CT molecular complexity index is 1490. The van der Waals surface area contributed by atoms with Gasteiger partial charge in [-0.25, -0.2) is 28.1 Å². The molecule has 1 aliphatic rings. The molecule has 0 radical (unpaired) electrons. The number of carbonyl (C=O) groups is 1. The summed E-state index contributed by atoms with van der Waals surface area (Å²) in [7, 11) is 0. The van der Waals surface area contributed by atoms with Crippen LogP contribution in [-0.2, 0) is 20.7 Å². The molecule has 0 unspecified atom stereocenters. The van der Waals surface area contributed by atoms with E-state index in [2.05, 4.69) is 25.6 Å². The van der Waals surface area contributed by atoms with Crippen LogP contribution in [0.1, 0.15) is 12.2 Å². The summed E-state index contributed by atoms with van der Waals surface area (Å²) >= 11 is 0. The first-order valence-electron chi connectivity index (χ1n) is 12.9. The van der Waals surface area contributed by atoms with Crippen LogP contribution < -0.4 is 10.6 Å². The molecule has 0 saturated carbocycles. The van der Waals surface area contributed by atoms with Gasteiger partial charge in [-0.3, -0.25) is 4.79 Å². The molecule has 214 valence electrons. The molecule has 2 aromatic carbocycles. The summed E-state index contributed by atoms with van der Waals surface area (Å²) in [5.74, 6) is -2.41. The van der Waals surface area contributed by atoms with Crippen molar-refractivity contribution in [3.05, 3.63) is 78.0 Å². The van der Waals surface area contributed by atoms with E-state index in [1.807, 2.05) is 0 Å². The van der Waals surface area contributed by atoms with Crippen molar-refractivity contribution in [2.45, 2.75) is 19.1 Å². The standard InChI is InChI=1S/C28H27F3N6O4/c29-18-4-2-16(3-5-18)25-26(22-8-10-33-28(35-22)34-19-6-7-20(30)21(31)12-19)37-23(36-25)13-24-40-14-17(15-41-24)27(39)32-9-1-11-38/h2-8,10,12,17,24,38H,1,9,11,13-15H2,(H,32,39)(H,36,37)(H,33,34,35). The predicted octanol–water partition coefficient (Wildman–Crippen LogP) is 3.72. The molecule has 2 aromatic heterocycles. The van der Waals surface area contributed by atoms with Crippen LogP contribution in [0.5, 0.6) is 0 Å². The van der Waals surface area contributed by atoms with Gasteiger partial charge in [0, 0.05) is 36.7 Å². The van der Waals surface area contributed by atoms with Gasteiger partial charge in [0.15, 0.2) is 17.9 Å². The van der Waals surface area contributed by atoms with Crippen molar-refractivity contribution in [2.75, 3.05) is 31.7 Å². The molecule has 10 nitrogen and oxygen atoms in total. The Morgan fingerprint density at radius 2 is 1.80 bits per heavy atom. The summed E-state index contributed by atoms with van der Waals surface area (Å²) in [6.45, 7) is 0.696. The third-order valence-electron chi connectivity index (χ3n) is 6.29. The van der Waals surface area contributed by atoms with E-state index in [9.17, 15) is 18.0 Å². The average Bonchev–Trinajstić information content (AvgIpc) is 3.40. The van der Waals surface area contributed by atoms with Gasteiger partial charge in [-0.1, -0.05) is 0 Å². The number of nitrogens with one attached hydrogen (secondary N) is 3. The van der Waals surface area contributed by atoms with Gasteiger partial charge >= 0.3 is 0 Å². The van der Waals surface area contributed by atoms with E-state index >= 15 is 0 Å². The molecule has 1 amide bonds. The Kier molecular flexibility index (Phi) is 8.87. The number of H-pyrrole nitrogens is 1. The van der Waals surface area contributed by atoms with E-state index in [-0.39, 0.29) is 43.8 Å². The molecule has 13 heteroatoms. The molecule has 0 bridgehead atoms. The van der Waals surface area contributed by atoms with E-state index in [1.54, 1.807) is 18.2 Å². The maximum atomic E-state index is 13.7. The molecule has 0 atom stereocenters. The van der Waals surface area contributed by atoms with Crippen LogP contribution >= 0.6 is 0 Å². The first kappa shape index (κ1) is 28.2. The third-order valence-corrected chi connectivity index (χ3v) is 6.29. The van der Waals surface area contributed by atoms with Crippen LogP contribution in [0.3, 0.4) is 0 Å². The lowest BCUT2D eigenvalue weighted by Crippen LogP contribution is -2.42. The fourth-order valence-electron chi connectivity index (χ4n) is 4.19. The molecule has 1 aliphatic heterocycles. The summed E-state index contributed by atoms with van der Waals surface area (Å²) in [6, 6.07) is 10.8. The molecule has 4 N–H and O–H groups in total. The number of halogens is 3. The molecular weight excluding hydrogens is 541 g/mol. The minimum Gasteiger partial charge on any atom is -0.396 e. The highest BCUT2D eigenvalue weighted by atomic mass is 19.2. The number of aromatic amines is 1. The number of hydrogen-bond donors (Lipinski definition) is 4. The summed E-state index contributed by atoms with van der Waals surface area (Å²) in [5, 5.41) is 14.5. The maximum Gasteiger partial charge on any atom is 0.227 e. The molecule has 0 aliphatic carbocycles. The summed E-state index contributed by atoms with van der Waals surface area (Å²) < 4.78 is 52.2. The minimum atomic E-state index is -1.01. The zero-order valence-corrected chi connectivity index (χ0v) is 21.7. The molecule has 1 saturated heterocycles. The third kappa shape index (κ3) is 7.06. The number of nitrogens with zero attached hydrogens (tertiary/aromatic N) is 3. The monoisotopic (exact) mass is 568 g/mol. The lowest BCUT2D eigenvalue weighted by Gasteiger charge is -2.28. The van der Waals surface area contributed by atoms with Gasteiger partial charge < -0.3 is 30.2 Å². The Hall–Kier alpha value is -4.33. The van der Waals surface area contributed by atoms with Crippen molar-refractivity contribution in [3.63, 3.8) is 0 Å². The van der Waals surface area contributed by atoms with E-state index in [4.69, 9.17) is 19.6 Å². The fraction of sp³-hybridized carbons (Fsp3) is 0.286. The van der Waals surface area contributed by atoms with Gasteiger partial charge in [0.25, 0.3) is 0 Å². The number of aliphatic hydroxyl groups is 1. The summed E-state index contributed by atoms with van der Waals surface area (Å²) in [5.41, 5.74) is 2.33. The maximum absolute atomic E-state index is 13.7. The van der Waals surface area contributed by atoms with Gasteiger partial charge in [-0.2, -0.15) is 0 Å². The zero-order valence-electron chi connectivity index (χ0n) is 21.7. The van der Waals surface area contributed by atoms with Crippen molar-refractivity contribution in [1.82, 2.24) is 25.3 Å². The highest BCUT2D eigenvalue weighted by Crippen LogP contribution is 2.31. The number of ether oxygens (including phenoxy) is 2. The molecule has 4 aromatic rings. The van der Waals surface area contributed by atoms with Crippen molar-refractivity contribution in [3.8, 4) is 22.6 Å². The van der Waals surface area contributed by atoms with Crippen LogP contribution in [-0.4, -0.2) is 63.6 Å². The van der Waals surface area contributed by atoms with Crippen molar-refractivity contribution in [2.24, 2.45) is 5.92 Å². The quantitative estimate of drug-likeness (QED) is 0.213. The van der Waals surface area contributed by atoms with Crippen LogP contribution in [0, 0.1) is 23.4 Å². The van der Waals surface area contributed by atoms with Crippen molar-refractivity contribution >= 4 is 17.5 Å². The topological polar surface area (TPSA) is 134 Å². The normalized spacial score (nSPS) is 16.9. The van der Waals surface area contributed by atoms with Crippen LogP contribution in [0.25, 0.3) is 22.6 Å². The van der Waals surface area contributed by atoms with E-state index in [1.165, 1.54) is 24.4 Å². The Labute approximate surface area is 233 Å². The van der Waals surface area contributed by atoms with Crippen LogP contribution in [0.2, 0.25) is 0 Å². The highest BCUT2D eigenvalue weighted by Gasteiger charge is 2.29. The molecule has 1 fully saturated rings. The lowest BCUT2D eigenvalue weighted by atomic mass is 10.1. The van der Waals surface area contributed by atoms with Crippen molar-refractivity contribution in [1.29, 1.82) is 0 Å². The summed E-state index contributed by atoms with van der Waals surface area (Å²) in [4.78, 5) is 28.9. The minimum absolute atomic E-state index is 0.00780. The number of aliphatic hydroxyl groups excluding tert-OH is 1. The SMILES string of the molecule is O=C(NCCCO)C1COC(Cc2nc(-c3ccc(F)cc3)c(-c3ccnc(Nc4ccc(F)c(F)c4)n3)[nH]2)OC1. The summed E-state index contributed by atoms with van der Waals surface area (Å²) in [6.07, 6.45) is 1.54. The molecule has 3 heterocycles. The number of anilines is 2. The first-order chi connectivity index (χ1) is 19.9. The predicted molar refractivity (Wildman–Crippen MR) is 142 cm³/mol. The second-order valence-electron chi connectivity index (χ2n) is 9.30. The molecule has 5 rings (SSSR count). The van der Waals surface area contributed by atoms with E-state index < -0.39 is 29.7 Å². The second-order valence-corrected chi connectivity index (χ2v) is 9.30. The number of aromatic nitrogens is 4.